The topological polar surface area (TPSA) is 40.5 Å². The van der Waals surface area contributed by atoms with Crippen molar-refractivity contribution >= 4 is 0 Å². The first-order valence-electron chi connectivity index (χ1n) is 14.5. The molecule has 0 aromatic carbocycles. The molecular weight excluding hydrogens is 416 g/mol. The second-order valence-corrected chi connectivity index (χ2v) is 14.7. The Balaban J connectivity index is 1.56. The maximum Gasteiger partial charge on any atom is 0.0915 e. The maximum atomic E-state index is 11.1. The van der Waals surface area contributed by atoms with Gasteiger partial charge in [-0.15, -0.1) is 0 Å². The van der Waals surface area contributed by atoms with Crippen molar-refractivity contribution in [3.05, 3.63) is 24.5 Å². The van der Waals surface area contributed by atoms with Crippen molar-refractivity contribution < 1.29 is 10.2 Å². The summed E-state index contributed by atoms with van der Waals surface area (Å²) in [5, 5.41) is 22.1. The van der Waals surface area contributed by atoms with Gasteiger partial charge in [0, 0.05) is 5.41 Å². The first-order valence-corrected chi connectivity index (χ1v) is 14.5. The summed E-state index contributed by atoms with van der Waals surface area (Å²) in [6.45, 7) is 23.5. The van der Waals surface area contributed by atoms with Crippen molar-refractivity contribution in [1.82, 2.24) is 0 Å². The summed E-state index contributed by atoms with van der Waals surface area (Å²) >= 11 is 0. The van der Waals surface area contributed by atoms with E-state index in [9.17, 15) is 10.2 Å². The SMILES string of the molecule is C=C(C)[C@@H]1CC[C@]2(C(=C)O)CC[C@]3(C)C(CCC4[C@@]5(C)CC[C@H](O)[C@@](C)(CC)[C@@H]5CC[C@]43C)C12. The minimum atomic E-state index is -0.146. The van der Waals surface area contributed by atoms with Gasteiger partial charge in [0.05, 0.1) is 11.9 Å². The smallest absolute Gasteiger partial charge is 0.0915 e. The third-order valence-electron chi connectivity index (χ3n) is 14.2. The molecule has 0 radical (unpaired) electrons. The van der Waals surface area contributed by atoms with Crippen molar-refractivity contribution in [2.75, 3.05) is 0 Å². The van der Waals surface area contributed by atoms with Gasteiger partial charge in [-0.2, -0.15) is 0 Å². The summed E-state index contributed by atoms with van der Waals surface area (Å²) < 4.78 is 0. The van der Waals surface area contributed by atoms with Gasteiger partial charge in [0.1, 0.15) is 0 Å². The molecule has 0 spiro atoms. The average Bonchev–Trinajstić information content (AvgIpc) is 3.18. The van der Waals surface area contributed by atoms with Crippen molar-refractivity contribution in [1.29, 1.82) is 0 Å². The fourth-order valence-corrected chi connectivity index (χ4v) is 11.9. The van der Waals surface area contributed by atoms with Gasteiger partial charge in [0.2, 0.25) is 0 Å². The van der Waals surface area contributed by atoms with Gasteiger partial charge in [-0.1, -0.05) is 53.3 Å². The van der Waals surface area contributed by atoms with Crippen LogP contribution >= 0.6 is 0 Å². The van der Waals surface area contributed by atoms with E-state index in [0.29, 0.717) is 45.7 Å². The van der Waals surface area contributed by atoms with Crippen LogP contribution in [0.25, 0.3) is 0 Å². The normalized spacial score (nSPS) is 56.6. The van der Waals surface area contributed by atoms with Crippen LogP contribution in [0.5, 0.6) is 0 Å². The van der Waals surface area contributed by atoms with E-state index in [4.69, 9.17) is 0 Å². The van der Waals surface area contributed by atoms with Gasteiger partial charge in [-0.05, 0) is 129 Å². The van der Waals surface area contributed by atoms with Crippen molar-refractivity contribution in [2.24, 2.45) is 56.7 Å². The van der Waals surface area contributed by atoms with E-state index in [2.05, 4.69) is 54.7 Å². The summed E-state index contributed by atoms with van der Waals surface area (Å²) in [6, 6.07) is 0. The fraction of sp³-hybridized carbons (Fsp3) is 0.875. The van der Waals surface area contributed by atoms with Gasteiger partial charge in [0.15, 0.2) is 0 Å². The van der Waals surface area contributed by atoms with E-state index in [0.717, 1.165) is 31.6 Å². The van der Waals surface area contributed by atoms with Crippen molar-refractivity contribution in [3.63, 3.8) is 0 Å². The predicted molar refractivity (Wildman–Crippen MR) is 141 cm³/mol. The Morgan fingerprint density at radius 2 is 1.53 bits per heavy atom. The third-order valence-corrected chi connectivity index (χ3v) is 14.2. The predicted octanol–water partition coefficient (Wildman–Crippen LogP) is 8.47. The average molecular weight is 469 g/mol. The number of hydrogen-bond acceptors (Lipinski definition) is 2. The highest BCUT2D eigenvalue weighted by Gasteiger charge is 2.71. The Hall–Kier alpha value is -0.760. The zero-order chi connectivity index (χ0) is 24.9. The second kappa shape index (κ2) is 7.62. The maximum absolute atomic E-state index is 11.1. The summed E-state index contributed by atoms with van der Waals surface area (Å²) in [7, 11) is 0. The lowest BCUT2D eigenvalue weighted by Gasteiger charge is -2.73. The first-order chi connectivity index (χ1) is 15.8. The second-order valence-electron chi connectivity index (χ2n) is 14.7. The van der Waals surface area contributed by atoms with E-state index in [1.165, 1.54) is 50.5 Å². The molecule has 0 bridgehead atoms. The molecule has 5 aliphatic carbocycles. The Morgan fingerprint density at radius 3 is 2.15 bits per heavy atom. The Kier molecular flexibility index (Phi) is 5.59. The van der Waals surface area contributed by atoms with Gasteiger partial charge in [-0.25, -0.2) is 0 Å². The van der Waals surface area contributed by atoms with Gasteiger partial charge in [0.25, 0.3) is 0 Å². The summed E-state index contributed by atoms with van der Waals surface area (Å²) in [5.41, 5.74) is 2.23. The standard InChI is InChI=1S/C32H52O2/c1-9-28(5)24-13-16-31(8)25(29(24,6)15-14-26(28)34)11-10-23-27-22(20(2)3)12-17-32(27,21(4)33)19-18-30(23,31)7/h22-27,33-34H,2,4,9-19H2,1,3,5-8H3/t22-,23?,24-,25?,26-,27?,28-,29-,30+,31+,32+/m0/s1. The Labute approximate surface area is 209 Å². The third kappa shape index (κ3) is 2.79. The van der Waals surface area contributed by atoms with Gasteiger partial charge in [-0.3, -0.25) is 0 Å². The molecule has 11 atom stereocenters. The molecule has 3 unspecified atom stereocenters. The monoisotopic (exact) mass is 468 g/mol. The van der Waals surface area contributed by atoms with Crippen molar-refractivity contribution in [2.45, 2.75) is 118 Å². The molecular formula is C32H52O2. The minimum absolute atomic E-state index is 0.0545. The highest BCUT2D eigenvalue weighted by atomic mass is 16.3. The Bertz CT molecular complexity index is 876. The minimum Gasteiger partial charge on any atom is -0.512 e. The van der Waals surface area contributed by atoms with Crippen LogP contribution < -0.4 is 0 Å². The largest absolute Gasteiger partial charge is 0.512 e. The Morgan fingerprint density at radius 1 is 0.824 bits per heavy atom. The zero-order valence-electron chi connectivity index (χ0n) is 23.1. The molecule has 0 heterocycles. The van der Waals surface area contributed by atoms with Gasteiger partial charge >= 0.3 is 0 Å². The molecule has 2 nitrogen and oxygen atoms in total. The highest BCUT2D eigenvalue weighted by Crippen LogP contribution is 2.78. The molecule has 192 valence electrons. The van der Waals surface area contributed by atoms with E-state index < -0.39 is 0 Å². The highest BCUT2D eigenvalue weighted by molar-refractivity contribution is 5.25. The van der Waals surface area contributed by atoms with Crippen molar-refractivity contribution in [3.8, 4) is 0 Å². The molecule has 0 amide bonds. The number of aliphatic hydroxyl groups excluding tert-OH is 2. The molecule has 0 aromatic heterocycles. The quantitative estimate of drug-likeness (QED) is 0.322. The van der Waals surface area contributed by atoms with Gasteiger partial charge < -0.3 is 10.2 Å². The van der Waals surface area contributed by atoms with Crippen LogP contribution in [-0.4, -0.2) is 16.3 Å². The molecule has 5 aliphatic rings. The number of hydrogen-bond donors (Lipinski definition) is 2. The van der Waals surface area contributed by atoms with Crippen LogP contribution in [0.2, 0.25) is 0 Å². The molecule has 5 saturated carbocycles. The first kappa shape index (κ1) is 24.9. The van der Waals surface area contributed by atoms with E-state index in [1.807, 2.05) is 0 Å². The molecule has 34 heavy (non-hydrogen) atoms. The molecule has 0 aliphatic heterocycles. The summed E-state index contributed by atoms with van der Waals surface area (Å²) in [4.78, 5) is 0. The lowest BCUT2D eigenvalue weighted by atomic mass is 9.32. The van der Waals surface area contributed by atoms with Crippen LogP contribution in [0.4, 0.5) is 0 Å². The fourth-order valence-electron chi connectivity index (χ4n) is 11.9. The molecule has 0 saturated heterocycles. The van der Waals surface area contributed by atoms with E-state index >= 15 is 0 Å². The van der Waals surface area contributed by atoms with Crippen LogP contribution in [0.1, 0.15) is 112 Å². The molecule has 0 aromatic rings. The van der Waals surface area contributed by atoms with E-state index in [-0.39, 0.29) is 16.9 Å². The van der Waals surface area contributed by atoms with Crippen LogP contribution in [0, 0.1) is 56.7 Å². The summed E-state index contributed by atoms with van der Waals surface area (Å²) in [6.07, 6.45) is 12.8. The molecule has 5 fully saturated rings. The molecule has 5 rings (SSSR count). The number of fused-ring (bicyclic) bond motifs is 7. The summed E-state index contributed by atoms with van der Waals surface area (Å²) in [5.74, 6) is 3.48. The number of aliphatic hydroxyl groups is 2. The van der Waals surface area contributed by atoms with E-state index in [1.54, 1.807) is 0 Å². The number of allylic oxidation sites excluding steroid dienone is 2. The molecule has 2 N–H and O–H groups in total. The lowest BCUT2D eigenvalue weighted by molar-refractivity contribution is -0.249. The van der Waals surface area contributed by atoms with Crippen LogP contribution in [-0.2, 0) is 0 Å². The zero-order valence-corrected chi connectivity index (χ0v) is 23.1. The lowest BCUT2D eigenvalue weighted by Crippen LogP contribution is -2.67. The van der Waals surface area contributed by atoms with Crippen LogP contribution in [0.15, 0.2) is 24.5 Å². The number of rotatable bonds is 3. The van der Waals surface area contributed by atoms with Crippen LogP contribution in [0.3, 0.4) is 0 Å². The molecule has 2 heteroatoms.